The third-order valence-electron chi connectivity index (χ3n) is 2.68. The molecule has 108 valence electrons. The molecule has 0 bridgehead atoms. The highest BCUT2D eigenvalue weighted by molar-refractivity contribution is 14.1. The normalized spacial score (nSPS) is 10.2. The van der Waals surface area contributed by atoms with Crippen LogP contribution in [0.1, 0.15) is 20.7 Å². The molecule has 0 saturated heterocycles. The van der Waals surface area contributed by atoms with E-state index in [4.69, 9.17) is 5.11 Å². The molecule has 21 heavy (non-hydrogen) atoms. The number of halogens is 1. The second-order valence-corrected chi connectivity index (χ2v) is 6.35. The van der Waals surface area contributed by atoms with Crippen LogP contribution in [-0.2, 0) is 4.74 Å². The zero-order chi connectivity index (χ0) is 15.4. The molecule has 0 aromatic heterocycles. The van der Waals surface area contributed by atoms with Gasteiger partial charge >= 0.3 is 11.9 Å². The van der Waals surface area contributed by atoms with E-state index in [9.17, 15) is 9.59 Å². The van der Waals surface area contributed by atoms with Crippen molar-refractivity contribution < 1.29 is 19.4 Å². The van der Waals surface area contributed by atoms with Gasteiger partial charge in [-0.15, -0.1) is 0 Å². The summed E-state index contributed by atoms with van der Waals surface area (Å²) in [6.45, 7) is 0. The number of esters is 1. The Kier molecular flexibility index (Phi) is 5.24. The number of rotatable bonds is 4. The number of aromatic carboxylic acids is 1. The maximum atomic E-state index is 11.4. The molecule has 1 N–H and O–H groups in total. The number of benzene rings is 2. The Labute approximate surface area is 139 Å². The van der Waals surface area contributed by atoms with E-state index >= 15 is 0 Å². The van der Waals surface area contributed by atoms with Crippen molar-refractivity contribution in [3.05, 3.63) is 57.2 Å². The van der Waals surface area contributed by atoms with Gasteiger partial charge < -0.3 is 9.84 Å². The van der Waals surface area contributed by atoms with Crippen molar-refractivity contribution in [1.82, 2.24) is 0 Å². The maximum absolute atomic E-state index is 11.4. The average molecular weight is 414 g/mol. The quantitative estimate of drug-likeness (QED) is 0.607. The van der Waals surface area contributed by atoms with Crippen molar-refractivity contribution in [3.8, 4) is 0 Å². The summed E-state index contributed by atoms with van der Waals surface area (Å²) in [5.74, 6) is -1.31. The molecular formula is C15H11IO4S. The lowest BCUT2D eigenvalue weighted by Gasteiger charge is -2.06. The van der Waals surface area contributed by atoms with Crippen LogP contribution >= 0.6 is 34.4 Å². The monoisotopic (exact) mass is 414 g/mol. The zero-order valence-corrected chi connectivity index (χ0v) is 14.0. The number of carbonyl (C=O) groups is 2. The van der Waals surface area contributed by atoms with Gasteiger partial charge in [0.1, 0.15) is 0 Å². The highest BCUT2D eigenvalue weighted by atomic mass is 127. The summed E-state index contributed by atoms with van der Waals surface area (Å²) in [6, 6.07) is 12.1. The molecule has 0 saturated carbocycles. The predicted octanol–water partition coefficient (Wildman–Crippen LogP) is 3.93. The third-order valence-corrected chi connectivity index (χ3v) is 5.02. The van der Waals surface area contributed by atoms with Crippen LogP contribution in [0.5, 0.6) is 0 Å². The molecule has 0 heterocycles. The molecule has 2 aromatic carbocycles. The summed E-state index contributed by atoms with van der Waals surface area (Å²) in [7, 11) is 1.34. The highest BCUT2D eigenvalue weighted by Crippen LogP contribution is 2.32. The fourth-order valence-electron chi connectivity index (χ4n) is 1.62. The van der Waals surface area contributed by atoms with Crippen LogP contribution in [0.4, 0.5) is 0 Å². The lowest BCUT2D eigenvalue weighted by molar-refractivity contribution is 0.0599. The molecule has 0 spiro atoms. The topological polar surface area (TPSA) is 63.6 Å². The second-order valence-electron chi connectivity index (χ2n) is 4.07. The number of methoxy groups -OCH3 is 1. The van der Waals surface area contributed by atoms with E-state index in [1.807, 2.05) is 12.1 Å². The summed E-state index contributed by atoms with van der Waals surface area (Å²) >= 11 is 3.62. The molecule has 2 rings (SSSR count). The molecule has 0 unspecified atom stereocenters. The van der Waals surface area contributed by atoms with Crippen molar-refractivity contribution in [2.45, 2.75) is 9.79 Å². The van der Waals surface area contributed by atoms with E-state index in [2.05, 4.69) is 27.3 Å². The van der Waals surface area contributed by atoms with E-state index in [-0.39, 0.29) is 11.5 Å². The number of ether oxygens (including phenoxy) is 1. The Bertz CT molecular complexity index is 683. The lowest BCUT2D eigenvalue weighted by atomic mass is 10.2. The van der Waals surface area contributed by atoms with Crippen LogP contribution in [0.3, 0.4) is 0 Å². The van der Waals surface area contributed by atoms with Gasteiger partial charge in [-0.2, -0.15) is 0 Å². The van der Waals surface area contributed by atoms with E-state index < -0.39 is 5.97 Å². The minimum Gasteiger partial charge on any atom is -0.478 e. The van der Waals surface area contributed by atoms with Crippen LogP contribution < -0.4 is 0 Å². The number of carboxylic acid groups (broad SMARTS) is 1. The summed E-state index contributed by atoms with van der Waals surface area (Å²) in [5, 5.41) is 8.94. The first kappa shape index (κ1) is 15.8. The van der Waals surface area contributed by atoms with Crippen LogP contribution in [0, 0.1) is 3.57 Å². The Morgan fingerprint density at radius 1 is 1.10 bits per heavy atom. The van der Waals surface area contributed by atoms with E-state index in [0.717, 1.165) is 13.4 Å². The molecule has 0 aliphatic carbocycles. The Hall–Kier alpha value is -1.54. The van der Waals surface area contributed by atoms with Gasteiger partial charge in [-0.05, 0) is 65.1 Å². The van der Waals surface area contributed by atoms with E-state index in [1.54, 1.807) is 30.3 Å². The Morgan fingerprint density at radius 3 is 2.24 bits per heavy atom. The van der Waals surface area contributed by atoms with Gasteiger partial charge in [0.15, 0.2) is 0 Å². The number of carbonyl (C=O) groups excluding carboxylic acids is 1. The number of hydrogen-bond donors (Lipinski definition) is 1. The fraction of sp³-hybridized carbons (Fsp3) is 0.0667. The molecule has 6 heteroatoms. The molecule has 4 nitrogen and oxygen atoms in total. The summed E-state index contributed by atoms with van der Waals surface area (Å²) in [6.07, 6.45) is 0. The van der Waals surface area contributed by atoms with Gasteiger partial charge in [0.25, 0.3) is 0 Å². The van der Waals surface area contributed by atoms with Gasteiger partial charge in [-0.3, -0.25) is 0 Å². The van der Waals surface area contributed by atoms with Crippen molar-refractivity contribution in [1.29, 1.82) is 0 Å². The largest absolute Gasteiger partial charge is 0.478 e. The van der Waals surface area contributed by atoms with E-state index in [0.29, 0.717) is 5.56 Å². The summed E-state index contributed by atoms with van der Waals surface area (Å²) in [4.78, 5) is 24.2. The average Bonchev–Trinajstić information content (AvgIpc) is 2.49. The van der Waals surface area contributed by atoms with Gasteiger partial charge in [0, 0.05) is 13.4 Å². The first-order valence-corrected chi connectivity index (χ1v) is 7.80. The van der Waals surface area contributed by atoms with Gasteiger partial charge in [-0.25, -0.2) is 9.59 Å². The molecule has 2 aromatic rings. The van der Waals surface area contributed by atoms with Crippen LogP contribution in [0.15, 0.2) is 52.3 Å². The minimum atomic E-state index is -0.938. The molecule has 0 amide bonds. The van der Waals surface area contributed by atoms with Crippen molar-refractivity contribution in [3.63, 3.8) is 0 Å². The van der Waals surface area contributed by atoms with Gasteiger partial charge in [-0.1, -0.05) is 11.8 Å². The summed E-state index contributed by atoms with van der Waals surface area (Å²) < 4.78 is 5.52. The predicted molar refractivity (Wildman–Crippen MR) is 88.0 cm³/mol. The van der Waals surface area contributed by atoms with Crippen LogP contribution in [0.2, 0.25) is 0 Å². The third kappa shape index (κ3) is 3.98. The second kappa shape index (κ2) is 6.95. The van der Waals surface area contributed by atoms with Crippen LogP contribution in [-0.4, -0.2) is 24.2 Å². The van der Waals surface area contributed by atoms with E-state index in [1.165, 1.54) is 18.9 Å². The van der Waals surface area contributed by atoms with Crippen molar-refractivity contribution >= 4 is 46.3 Å². The first-order chi connectivity index (χ1) is 10.0. The molecule has 0 aliphatic heterocycles. The Balaban J connectivity index is 2.18. The minimum absolute atomic E-state index is 0.268. The van der Waals surface area contributed by atoms with Crippen LogP contribution in [0.25, 0.3) is 0 Å². The lowest BCUT2D eigenvalue weighted by Crippen LogP contribution is -2.00. The van der Waals surface area contributed by atoms with Crippen molar-refractivity contribution in [2.24, 2.45) is 0 Å². The molecule has 0 fully saturated rings. The summed E-state index contributed by atoms with van der Waals surface area (Å²) in [5.41, 5.74) is 0.766. The maximum Gasteiger partial charge on any atom is 0.337 e. The Morgan fingerprint density at radius 2 is 1.71 bits per heavy atom. The van der Waals surface area contributed by atoms with Gasteiger partial charge in [0.05, 0.1) is 18.2 Å². The van der Waals surface area contributed by atoms with Gasteiger partial charge in [0.2, 0.25) is 0 Å². The zero-order valence-electron chi connectivity index (χ0n) is 11.0. The number of hydrogen-bond acceptors (Lipinski definition) is 4. The highest BCUT2D eigenvalue weighted by Gasteiger charge is 2.09. The molecule has 0 aliphatic rings. The smallest absolute Gasteiger partial charge is 0.337 e. The van der Waals surface area contributed by atoms with Crippen molar-refractivity contribution in [2.75, 3.05) is 7.11 Å². The fourth-order valence-corrected chi connectivity index (χ4v) is 3.28. The molecule has 0 atom stereocenters. The SMILES string of the molecule is COC(=O)c1ccc(Sc2ccc(C(=O)O)cc2I)cc1. The molecule has 0 radical (unpaired) electrons. The number of carboxylic acids is 1. The molecular weight excluding hydrogens is 403 g/mol. The first-order valence-electron chi connectivity index (χ1n) is 5.90. The standard InChI is InChI=1S/C15H11IO4S/c1-20-15(19)9-2-5-11(6-3-9)21-13-7-4-10(14(17)18)8-12(13)16/h2-8H,1H3,(H,17,18).